The maximum absolute atomic E-state index is 3.63. The summed E-state index contributed by atoms with van der Waals surface area (Å²) < 4.78 is 0. The van der Waals surface area contributed by atoms with Gasteiger partial charge in [0.15, 0.2) is 0 Å². The average molecular weight is 254 g/mol. The smallest absolute Gasteiger partial charge is 0.00475 e. The highest BCUT2D eigenvalue weighted by Crippen LogP contribution is 2.26. The standard InChI is InChI=1S/C16H34N2/c1-5-9-16(4,13-17-10-6-2)14-18-11-7-15(3)8-12-18/h15,17H,5-14H2,1-4H3. The van der Waals surface area contributed by atoms with Crippen molar-refractivity contribution >= 4 is 0 Å². The van der Waals surface area contributed by atoms with E-state index in [0.29, 0.717) is 5.41 Å². The summed E-state index contributed by atoms with van der Waals surface area (Å²) in [5, 5.41) is 3.63. The van der Waals surface area contributed by atoms with Crippen LogP contribution < -0.4 is 5.32 Å². The van der Waals surface area contributed by atoms with E-state index in [4.69, 9.17) is 0 Å². The van der Waals surface area contributed by atoms with E-state index < -0.39 is 0 Å². The number of likely N-dealkylation sites (tertiary alicyclic amines) is 1. The number of hydrogen-bond acceptors (Lipinski definition) is 2. The lowest BCUT2D eigenvalue weighted by Gasteiger charge is -2.39. The SMILES string of the molecule is CCCNCC(C)(CCC)CN1CCC(C)CC1. The summed E-state index contributed by atoms with van der Waals surface area (Å²) in [6, 6.07) is 0. The van der Waals surface area contributed by atoms with Crippen LogP contribution in [0.15, 0.2) is 0 Å². The van der Waals surface area contributed by atoms with E-state index in [1.165, 1.54) is 58.3 Å². The third kappa shape index (κ3) is 5.71. The number of nitrogens with zero attached hydrogens (tertiary/aromatic N) is 1. The molecule has 1 unspecified atom stereocenters. The van der Waals surface area contributed by atoms with Gasteiger partial charge in [0.2, 0.25) is 0 Å². The molecule has 0 bridgehead atoms. The van der Waals surface area contributed by atoms with E-state index in [-0.39, 0.29) is 0 Å². The Bertz CT molecular complexity index is 209. The van der Waals surface area contributed by atoms with Crippen LogP contribution in [0.25, 0.3) is 0 Å². The van der Waals surface area contributed by atoms with E-state index in [9.17, 15) is 0 Å². The molecule has 1 N–H and O–H groups in total. The Morgan fingerprint density at radius 2 is 1.83 bits per heavy atom. The van der Waals surface area contributed by atoms with Gasteiger partial charge in [0.25, 0.3) is 0 Å². The predicted octanol–water partition coefficient (Wildman–Crippen LogP) is 3.52. The van der Waals surface area contributed by atoms with Gasteiger partial charge >= 0.3 is 0 Å². The zero-order valence-electron chi connectivity index (χ0n) is 13.1. The van der Waals surface area contributed by atoms with Crippen LogP contribution in [0.5, 0.6) is 0 Å². The Kier molecular flexibility index (Phi) is 7.25. The summed E-state index contributed by atoms with van der Waals surface area (Å²) in [5.41, 5.74) is 0.463. The fourth-order valence-electron chi connectivity index (χ4n) is 3.15. The normalized spacial score (nSPS) is 22.0. The van der Waals surface area contributed by atoms with Crippen molar-refractivity contribution in [3.8, 4) is 0 Å². The molecule has 1 aliphatic rings. The Morgan fingerprint density at radius 3 is 2.39 bits per heavy atom. The molecule has 0 aromatic rings. The van der Waals surface area contributed by atoms with Gasteiger partial charge in [0.05, 0.1) is 0 Å². The molecular weight excluding hydrogens is 220 g/mol. The molecule has 1 fully saturated rings. The number of hydrogen-bond donors (Lipinski definition) is 1. The Labute approximate surface area is 115 Å². The zero-order chi connectivity index (χ0) is 13.4. The summed E-state index contributed by atoms with van der Waals surface area (Å²) >= 11 is 0. The first kappa shape index (κ1) is 16.0. The van der Waals surface area contributed by atoms with E-state index >= 15 is 0 Å². The molecule has 1 saturated heterocycles. The number of nitrogens with one attached hydrogen (secondary N) is 1. The van der Waals surface area contributed by atoms with Crippen molar-refractivity contribution in [3.63, 3.8) is 0 Å². The molecule has 1 heterocycles. The summed E-state index contributed by atoms with van der Waals surface area (Å²) in [6.07, 6.45) is 6.67. The highest BCUT2D eigenvalue weighted by atomic mass is 15.1. The van der Waals surface area contributed by atoms with Gasteiger partial charge in [-0.2, -0.15) is 0 Å². The minimum atomic E-state index is 0.463. The second kappa shape index (κ2) is 8.16. The van der Waals surface area contributed by atoms with Crippen LogP contribution in [0.2, 0.25) is 0 Å². The summed E-state index contributed by atoms with van der Waals surface area (Å²) in [4.78, 5) is 2.70. The molecule has 0 saturated carbocycles. The van der Waals surface area contributed by atoms with Crippen molar-refractivity contribution in [2.24, 2.45) is 11.3 Å². The second-order valence-electron chi connectivity index (χ2n) is 6.70. The molecule has 2 nitrogen and oxygen atoms in total. The molecule has 1 atom stereocenters. The van der Waals surface area contributed by atoms with Crippen LogP contribution in [0.4, 0.5) is 0 Å². The van der Waals surface area contributed by atoms with Crippen LogP contribution in [-0.4, -0.2) is 37.6 Å². The van der Waals surface area contributed by atoms with Crippen LogP contribution in [0, 0.1) is 11.3 Å². The topological polar surface area (TPSA) is 15.3 Å². The van der Waals surface area contributed by atoms with Gasteiger partial charge < -0.3 is 10.2 Å². The highest BCUT2D eigenvalue weighted by molar-refractivity contribution is 4.82. The molecule has 0 aromatic heterocycles. The van der Waals surface area contributed by atoms with Crippen LogP contribution in [-0.2, 0) is 0 Å². The van der Waals surface area contributed by atoms with Gasteiger partial charge in [-0.05, 0) is 56.7 Å². The molecule has 18 heavy (non-hydrogen) atoms. The van der Waals surface area contributed by atoms with E-state index in [0.717, 1.165) is 12.5 Å². The van der Waals surface area contributed by atoms with Crippen LogP contribution in [0.3, 0.4) is 0 Å². The Hall–Kier alpha value is -0.0800. The van der Waals surface area contributed by atoms with Crippen molar-refractivity contribution in [1.82, 2.24) is 10.2 Å². The first-order valence-corrected chi connectivity index (χ1v) is 8.02. The van der Waals surface area contributed by atoms with Gasteiger partial charge in [-0.1, -0.05) is 34.1 Å². The largest absolute Gasteiger partial charge is 0.316 e. The Balaban J connectivity index is 2.39. The van der Waals surface area contributed by atoms with Crippen LogP contribution >= 0.6 is 0 Å². The Morgan fingerprint density at radius 1 is 1.17 bits per heavy atom. The number of rotatable bonds is 8. The van der Waals surface area contributed by atoms with Gasteiger partial charge in [-0.3, -0.25) is 0 Å². The molecule has 1 rings (SSSR count). The predicted molar refractivity (Wildman–Crippen MR) is 81.0 cm³/mol. The van der Waals surface area contributed by atoms with Gasteiger partial charge in [-0.25, -0.2) is 0 Å². The fraction of sp³-hybridized carbons (Fsp3) is 1.00. The lowest BCUT2D eigenvalue weighted by atomic mass is 9.84. The molecule has 0 aliphatic carbocycles. The van der Waals surface area contributed by atoms with E-state index in [1.807, 2.05) is 0 Å². The third-order valence-electron chi connectivity index (χ3n) is 4.31. The first-order valence-electron chi connectivity index (χ1n) is 8.02. The minimum Gasteiger partial charge on any atom is -0.316 e. The first-order chi connectivity index (χ1) is 8.59. The number of piperidine rings is 1. The van der Waals surface area contributed by atoms with Crippen molar-refractivity contribution in [1.29, 1.82) is 0 Å². The minimum absolute atomic E-state index is 0.463. The summed E-state index contributed by atoms with van der Waals surface area (Å²) in [6.45, 7) is 15.7. The third-order valence-corrected chi connectivity index (χ3v) is 4.31. The second-order valence-corrected chi connectivity index (χ2v) is 6.70. The highest BCUT2D eigenvalue weighted by Gasteiger charge is 2.27. The molecule has 0 spiro atoms. The van der Waals surface area contributed by atoms with Crippen molar-refractivity contribution in [3.05, 3.63) is 0 Å². The molecule has 108 valence electrons. The average Bonchev–Trinajstić information content (AvgIpc) is 2.33. The quantitative estimate of drug-likeness (QED) is 0.667. The molecule has 1 aliphatic heterocycles. The molecule has 2 heteroatoms. The fourth-order valence-corrected chi connectivity index (χ4v) is 3.15. The monoisotopic (exact) mass is 254 g/mol. The van der Waals surface area contributed by atoms with Crippen LogP contribution in [0.1, 0.15) is 59.8 Å². The van der Waals surface area contributed by atoms with Gasteiger partial charge in [0, 0.05) is 13.1 Å². The lowest BCUT2D eigenvalue weighted by Crippen LogP contribution is -2.45. The van der Waals surface area contributed by atoms with Crippen molar-refractivity contribution in [2.75, 3.05) is 32.7 Å². The van der Waals surface area contributed by atoms with Crippen molar-refractivity contribution < 1.29 is 0 Å². The summed E-state index contributed by atoms with van der Waals surface area (Å²) in [7, 11) is 0. The zero-order valence-corrected chi connectivity index (χ0v) is 13.1. The summed E-state index contributed by atoms with van der Waals surface area (Å²) in [5.74, 6) is 0.942. The maximum atomic E-state index is 3.63. The molecule has 0 aromatic carbocycles. The van der Waals surface area contributed by atoms with E-state index in [1.54, 1.807) is 0 Å². The lowest BCUT2D eigenvalue weighted by molar-refractivity contribution is 0.114. The molecular formula is C16H34N2. The van der Waals surface area contributed by atoms with Gasteiger partial charge in [0.1, 0.15) is 0 Å². The molecule has 0 radical (unpaired) electrons. The van der Waals surface area contributed by atoms with Gasteiger partial charge in [-0.15, -0.1) is 0 Å². The van der Waals surface area contributed by atoms with Crippen molar-refractivity contribution in [2.45, 2.75) is 59.8 Å². The van der Waals surface area contributed by atoms with E-state index in [2.05, 4.69) is 37.9 Å². The maximum Gasteiger partial charge on any atom is 0.00475 e. The molecule has 0 amide bonds.